The molecule has 2 atom stereocenters. The van der Waals surface area contributed by atoms with Crippen molar-refractivity contribution in [2.45, 2.75) is 31.7 Å². The summed E-state index contributed by atoms with van der Waals surface area (Å²) in [7, 11) is 0. The second kappa shape index (κ2) is 6.15. The van der Waals surface area contributed by atoms with E-state index < -0.39 is 0 Å². The number of nitrogens with one attached hydrogen (secondary N) is 1. The van der Waals surface area contributed by atoms with Crippen molar-refractivity contribution in [1.29, 1.82) is 0 Å². The van der Waals surface area contributed by atoms with E-state index in [9.17, 15) is 15.0 Å². The number of halogens is 1. The van der Waals surface area contributed by atoms with Crippen LogP contribution >= 0.6 is 11.6 Å². The minimum Gasteiger partial charge on any atom is -0.504 e. The Balaban J connectivity index is 2.09. The largest absolute Gasteiger partial charge is 0.504 e. The number of para-hydroxylation sites is 1. The molecule has 1 saturated carbocycles. The van der Waals surface area contributed by atoms with Crippen molar-refractivity contribution in [3.63, 3.8) is 0 Å². The molecule has 1 aliphatic carbocycles. The van der Waals surface area contributed by atoms with Crippen molar-refractivity contribution < 1.29 is 15.0 Å². The molecule has 2 rings (SSSR count). The highest BCUT2D eigenvalue weighted by Gasteiger charge is 2.27. The second-order valence-electron chi connectivity index (χ2n) is 4.95. The van der Waals surface area contributed by atoms with Crippen LogP contribution in [0.3, 0.4) is 0 Å². The molecule has 1 aromatic rings. The lowest BCUT2D eigenvalue weighted by molar-refractivity contribution is 0.0907. The van der Waals surface area contributed by atoms with Crippen LogP contribution in [0.4, 0.5) is 0 Å². The Morgan fingerprint density at radius 2 is 2.05 bits per heavy atom. The summed E-state index contributed by atoms with van der Waals surface area (Å²) in [6, 6.07) is 4.40. The molecule has 0 aliphatic heterocycles. The van der Waals surface area contributed by atoms with Gasteiger partial charge in [0, 0.05) is 11.9 Å². The van der Waals surface area contributed by atoms with E-state index in [1.165, 1.54) is 18.2 Å². The minimum absolute atomic E-state index is 0.0421. The third kappa shape index (κ3) is 3.13. The highest BCUT2D eigenvalue weighted by Crippen LogP contribution is 2.29. The van der Waals surface area contributed by atoms with Crippen LogP contribution < -0.4 is 5.32 Å². The number of hydrogen-bond acceptors (Lipinski definition) is 3. The maximum absolute atomic E-state index is 12.1. The molecule has 1 aromatic carbocycles. The fourth-order valence-corrected chi connectivity index (χ4v) is 2.91. The Labute approximate surface area is 117 Å². The van der Waals surface area contributed by atoms with Gasteiger partial charge in [-0.2, -0.15) is 0 Å². The number of carbonyl (C=O) groups is 1. The van der Waals surface area contributed by atoms with Crippen molar-refractivity contribution in [2.75, 3.05) is 5.88 Å². The van der Waals surface area contributed by atoms with Crippen LogP contribution in [0, 0.1) is 5.92 Å². The fourth-order valence-electron chi connectivity index (χ4n) is 2.54. The lowest BCUT2D eigenvalue weighted by atomic mass is 9.85. The van der Waals surface area contributed by atoms with Gasteiger partial charge in [-0.3, -0.25) is 4.79 Å². The molecule has 3 N–H and O–H groups in total. The van der Waals surface area contributed by atoms with E-state index in [0.29, 0.717) is 5.88 Å². The molecule has 0 radical (unpaired) electrons. The van der Waals surface area contributed by atoms with Gasteiger partial charge in [0.25, 0.3) is 5.91 Å². The Morgan fingerprint density at radius 1 is 1.32 bits per heavy atom. The summed E-state index contributed by atoms with van der Waals surface area (Å²) in [5, 5.41) is 22.0. The van der Waals surface area contributed by atoms with E-state index in [1.807, 2.05) is 0 Å². The summed E-state index contributed by atoms with van der Waals surface area (Å²) in [6.45, 7) is 0. The highest BCUT2D eigenvalue weighted by molar-refractivity contribution is 6.18. The Morgan fingerprint density at radius 3 is 2.79 bits per heavy atom. The van der Waals surface area contributed by atoms with Gasteiger partial charge < -0.3 is 15.5 Å². The van der Waals surface area contributed by atoms with E-state index >= 15 is 0 Å². The van der Waals surface area contributed by atoms with Gasteiger partial charge in [-0.25, -0.2) is 0 Å². The SMILES string of the molecule is O=C(NC1CCCCC1CCl)c1cccc(O)c1O. The predicted molar refractivity (Wildman–Crippen MR) is 73.7 cm³/mol. The predicted octanol–water partition coefficient (Wildman–Crippen LogP) is 2.63. The van der Waals surface area contributed by atoms with Crippen LogP contribution in [0.1, 0.15) is 36.0 Å². The minimum atomic E-state index is -0.377. The molecule has 4 nitrogen and oxygen atoms in total. The average molecular weight is 284 g/mol. The Bertz CT molecular complexity index is 464. The summed E-state index contributed by atoms with van der Waals surface area (Å²) in [6.07, 6.45) is 4.13. The zero-order valence-corrected chi connectivity index (χ0v) is 11.4. The smallest absolute Gasteiger partial charge is 0.255 e. The van der Waals surface area contributed by atoms with Crippen molar-refractivity contribution in [2.24, 2.45) is 5.92 Å². The summed E-state index contributed by atoms with van der Waals surface area (Å²) in [5.41, 5.74) is 0.0962. The Hall–Kier alpha value is -1.42. The molecule has 19 heavy (non-hydrogen) atoms. The van der Waals surface area contributed by atoms with E-state index in [4.69, 9.17) is 11.6 Å². The first-order chi connectivity index (χ1) is 9.13. The van der Waals surface area contributed by atoms with Gasteiger partial charge in [0.05, 0.1) is 5.56 Å². The number of hydrogen-bond donors (Lipinski definition) is 3. The van der Waals surface area contributed by atoms with E-state index in [-0.39, 0.29) is 34.9 Å². The van der Waals surface area contributed by atoms with Gasteiger partial charge in [-0.05, 0) is 30.9 Å². The van der Waals surface area contributed by atoms with Crippen LogP contribution in [-0.2, 0) is 0 Å². The molecule has 0 spiro atoms. The molecular formula is C14H18ClNO3. The second-order valence-corrected chi connectivity index (χ2v) is 5.26. The lowest BCUT2D eigenvalue weighted by Gasteiger charge is -2.30. The number of amides is 1. The van der Waals surface area contributed by atoms with E-state index in [2.05, 4.69) is 5.32 Å². The lowest BCUT2D eigenvalue weighted by Crippen LogP contribution is -2.42. The van der Waals surface area contributed by atoms with Gasteiger partial charge >= 0.3 is 0 Å². The van der Waals surface area contributed by atoms with Gasteiger partial charge in [0.15, 0.2) is 11.5 Å². The first-order valence-corrected chi connectivity index (χ1v) is 7.04. The molecule has 2 unspecified atom stereocenters. The van der Waals surface area contributed by atoms with Gasteiger partial charge in [-0.15, -0.1) is 11.6 Å². The number of alkyl halides is 1. The number of phenols is 2. The monoisotopic (exact) mass is 283 g/mol. The zero-order valence-electron chi connectivity index (χ0n) is 10.6. The van der Waals surface area contributed by atoms with Crippen LogP contribution in [0.2, 0.25) is 0 Å². The maximum atomic E-state index is 12.1. The molecule has 0 heterocycles. The normalized spacial score (nSPS) is 23.0. The molecule has 5 heteroatoms. The average Bonchev–Trinajstić information content (AvgIpc) is 2.42. The van der Waals surface area contributed by atoms with Crippen LogP contribution in [-0.4, -0.2) is 28.0 Å². The third-order valence-corrected chi connectivity index (χ3v) is 4.08. The fraction of sp³-hybridized carbons (Fsp3) is 0.500. The van der Waals surface area contributed by atoms with Crippen molar-refractivity contribution in [3.8, 4) is 11.5 Å². The molecule has 1 amide bonds. The maximum Gasteiger partial charge on any atom is 0.255 e. The number of phenolic OH excluding ortho intramolecular Hbond substituents is 2. The number of aromatic hydroxyl groups is 2. The first kappa shape index (κ1) is 14.0. The van der Waals surface area contributed by atoms with Gasteiger partial charge in [0.1, 0.15) is 0 Å². The third-order valence-electron chi connectivity index (χ3n) is 3.68. The van der Waals surface area contributed by atoms with Crippen molar-refractivity contribution in [3.05, 3.63) is 23.8 Å². The summed E-state index contributed by atoms with van der Waals surface area (Å²) < 4.78 is 0. The van der Waals surface area contributed by atoms with Gasteiger partial charge in [0.2, 0.25) is 0 Å². The molecule has 0 bridgehead atoms. The summed E-state index contributed by atoms with van der Waals surface area (Å²) >= 11 is 5.92. The molecule has 0 saturated heterocycles. The van der Waals surface area contributed by atoms with Crippen LogP contribution in [0.5, 0.6) is 11.5 Å². The number of benzene rings is 1. The number of rotatable bonds is 3. The molecule has 1 aliphatic rings. The van der Waals surface area contributed by atoms with Gasteiger partial charge in [-0.1, -0.05) is 18.9 Å². The quantitative estimate of drug-likeness (QED) is 0.590. The molecule has 1 fully saturated rings. The standard InChI is InChI=1S/C14H18ClNO3/c15-8-9-4-1-2-6-11(9)16-14(19)10-5-3-7-12(17)13(10)18/h3,5,7,9,11,17-18H,1-2,4,6,8H2,(H,16,19). The van der Waals surface area contributed by atoms with Crippen molar-refractivity contribution in [1.82, 2.24) is 5.32 Å². The summed E-state index contributed by atoms with van der Waals surface area (Å²) in [5.74, 6) is -0.227. The zero-order chi connectivity index (χ0) is 13.8. The van der Waals surface area contributed by atoms with Crippen LogP contribution in [0.15, 0.2) is 18.2 Å². The highest BCUT2D eigenvalue weighted by atomic mass is 35.5. The van der Waals surface area contributed by atoms with Crippen LogP contribution in [0.25, 0.3) is 0 Å². The summed E-state index contributed by atoms with van der Waals surface area (Å²) in [4.78, 5) is 12.1. The van der Waals surface area contributed by atoms with E-state index in [1.54, 1.807) is 0 Å². The first-order valence-electron chi connectivity index (χ1n) is 6.51. The topological polar surface area (TPSA) is 69.6 Å². The number of carbonyl (C=O) groups excluding carboxylic acids is 1. The van der Waals surface area contributed by atoms with E-state index in [0.717, 1.165) is 25.7 Å². The molecule has 104 valence electrons. The molecule has 0 aromatic heterocycles. The molecular weight excluding hydrogens is 266 g/mol. The van der Waals surface area contributed by atoms with Crippen molar-refractivity contribution >= 4 is 17.5 Å². The Kier molecular flexibility index (Phi) is 4.53.